The molecule has 1 fully saturated rings. The minimum absolute atomic E-state index is 0.0896. The number of rotatable bonds is 5. The quantitative estimate of drug-likeness (QED) is 0.836. The number of aryl methyl sites for hydroxylation is 1. The van der Waals surface area contributed by atoms with Crippen molar-refractivity contribution in [2.24, 2.45) is 0 Å². The van der Waals surface area contributed by atoms with E-state index in [1.165, 1.54) is 12.8 Å². The minimum Gasteiger partial charge on any atom is -0.384 e. The van der Waals surface area contributed by atoms with Crippen molar-refractivity contribution < 1.29 is 4.79 Å². The predicted molar refractivity (Wildman–Crippen MR) is 76.0 cm³/mol. The largest absolute Gasteiger partial charge is 0.384 e. The van der Waals surface area contributed by atoms with Gasteiger partial charge in [0, 0.05) is 29.9 Å². The minimum atomic E-state index is -0.0896. The zero-order chi connectivity index (χ0) is 14.0. The molecule has 1 heterocycles. The van der Waals surface area contributed by atoms with Crippen molar-refractivity contribution in [2.75, 3.05) is 19.3 Å². The highest BCUT2D eigenvalue weighted by molar-refractivity contribution is 5.94. The zero-order valence-electron chi connectivity index (χ0n) is 11.8. The second-order valence-corrected chi connectivity index (χ2v) is 5.38. The van der Waals surface area contributed by atoms with Gasteiger partial charge in [-0.25, -0.2) is 4.98 Å². The third kappa shape index (κ3) is 3.67. The number of nitrogens with zero attached hydrogens (tertiary/aromatic N) is 2. The van der Waals surface area contributed by atoms with E-state index in [0.717, 1.165) is 5.69 Å². The molecular formula is C14H22N4O. The van der Waals surface area contributed by atoms with Gasteiger partial charge in [-0.15, -0.1) is 0 Å². The molecular weight excluding hydrogens is 240 g/mol. The van der Waals surface area contributed by atoms with Gasteiger partial charge in [0.15, 0.2) is 0 Å². The number of aromatic nitrogens is 1. The lowest BCUT2D eigenvalue weighted by atomic mass is 10.2. The van der Waals surface area contributed by atoms with Gasteiger partial charge in [-0.3, -0.25) is 9.69 Å². The van der Waals surface area contributed by atoms with Crippen LogP contribution < -0.4 is 11.1 Å². The van der Waals surface area contributed by atoms with E-state index in [1.807, 2.05) is 6.92 Å². The van der Waals surface area contributed by atoms with Crippen molar-refractivity contribution in [3.05, 3.63) is 23.4 Å². The average Bonchev–Trinajstić information content (AvgIpc) is 3.17. The third-order valence-corrected chi connectivity index (χ3v) is 3.61. The number of likely N-dealkylation sites (N-methyl/N-ethyl adjacent to an activating group) is 1. The Balaban J connectivity index is 1.89. The Labute approximate surface area is 114 Å². The van der Waals surface area contributed by atoms with Crippen molar-refractivity contribution in [1.29, 1.82) is 0 Å². The van der Waals surface area contributed by atoms with E-state index in [9.17, 15) is 4.79 Å². The van der Waals surface area contributed by atoms with Crippen LogP contribution in [-0.2, 0) is 0 Å². The van der Waals surface area contributed by atoms with E-state index in [4.69, 9.17) is 5.73 Å². The van der Waals surface area contributed by atoms with Gasteiger partial charge in [-0.1, -0.05) is 0 Å². The van der Waals surface area contributed by atoms with Gasteiger partial charge in [0.05, 0.1) is 0 Å². The van der Waals surface area contributed by atoms with E-state index in [1.54, 1.807) is 12.1 Å². The first-order valence-electron chi connectivity index (χ1n) is 6.71. The highest BCUT2D eigenvalue weighted by atomic mass is 16.1. The summed E-state index contributed by atoms with van der Waals surface area (Å²) < 4.78 is 0. The Morgan fingerprint density at radius 1 is 1.58 bits per heavy atom. The number of carbonyl (C=O) groups is 1. The molecule has 1 aromatic heterocycles. The first kappa shape index (κ1) is 13.8. The summed E-state index contributed by atoms with van der Waals surface area (Å²) in [5, 5.41) is 2.95. The molecule has 1 atom stereocenters. The Kier molecular flexibility index (Phi) is 4.04. The lowest BCUT2D eigenvalue weighted by molar-refractivity contribution is 0.0939. The van der Waals surface area contributed by atoms with E-state index in [2.05, 4.69) is 29.2 Å². The molecule has 1 unspecified atom stereocenters. The fraction of sp³-hybridized carbons (Fsp3) is 0.571. The van der Waals surface area contributed by atoms with Gasteiger partial charge in [0.25, 0.3) is 5.91 Å². The molecule has 5 heteroatoms. The van der Waals surface area contributed by atoms with Crippen LogP contribution in [0.2, 0.25) is 0 Å². The lowest BCUT2D eigenvalue weighted by Crippen LogP contribution is -2.41. The van der Waals surface area contributed by atoms with E-state index >= 15 is 0 Å². The monoisotopic (exact) mass is 262 g/mol. The normalized spacial score (nSPS) is 16.4. The molecule has 0 aliphatic heterocycles. The summed E-state index contributed by atoms with van der Waals surface area (Å²) in [4.78, 5) is 18.4. The van der Waals surface area contributed by atoms with Crippen LogP contribution >= 0.6 is 0 Å². The molecule has 3 N–H and O–H groups in total. The first-order chi connectivity index (χ1) is 8.97. The van der Waals surface area contributed by atoms with Gasteiger partial charge >= 0.3 is 0 Å². The van der Waals surface area contributed by atoms with Crippen molar-refractivity contribution in [1.82, 2.24) is 15.2 Å². The number of nitrogens with one attached hydrogen (secondary N) is 1. The predicted octanol–water partition coefficient (Wildman–Crippen LogP) is 1.18. The highest BCUT2D eigenvalue weighted by Crippen LogP contribution is 2.26. The van der Waals surface area contributed by atoms with Crippen LogP contribution in [0.1, 0.15) is 35.8 Å². The molecule has 1 aliphatic rings. The second-order valence-electron chi connectivity index (χ2n) is 5.38. The van der Waals surface area contributed by atoms with Crippen LogP contribution in [0.15, 0.2) is 12.1 Å². The maximum Gasteiger partial charge on any atom is 0.251 e. The number of pyridine rings is 1. The average molecular weight is 262 g/mol. The molecule has 1 aliphatic carbocycles. The fourth-order valence-corrected chi connectivity index (χ4v) is 2.15. The maximum atomic E-state index is 12.0. The van der Waals surface area contributed by atoms with Crippen LogP contribution in [0.3, 0.4) is 0 Å². The Morgan fingerprint density at radius 2 is 2.26 bits per heavy atom. The van der Waals surface area contributed by atoms with Crippen molar-refractivity contribution in [3.63, 3.8) is 0 Å². The smallest absolute Gasteiger partial charge is 0.251 e. The van der Waals surface area contributed by atoms with Gasteiger partial charge < -0.3 is 11.1 Å². The van der Waals surface area contributed by atoms with Crippen LogP contribution in [-0.4, -0.2) is 41.5 Å². The summed E-state index contributed by atoms with van der Waals surface area (Å²) >= 11 is 0. The van der Waals surface area contributed by atoms with Gasteiger partial charge in [0.1, 0.15) is 5.82 Å². The van der Waals surface area contributed by atoms with E-state index in [0.29, 0.717) is 30.0 Å². The topological polar surface area (TPSA) is 71.2 Å². The molecule has 0 aromatic carbocycles. The summed E-state index contributed by atoms with van der Waals surface area (Å²) in [6.45, 7) is 4.61. The Bertz CT molecular complexity index is 450. The SMILES string of the molecule is Cc1cc(C(=O)NCC(C)N(C)C2CC2)cc(N)n1. The number of hydrogen-bond donors (Lipinski definition) is 2. The maximum absolute atomic E-state index is 12.0. The number of anilines is 1. The Morgan fingerprint density at radius 3 is 2.84 bits per heavy atom. The van der Waals surface area contributed by atoms with Gasteiger partial charge in [-0.2, -0.15) is 0 Å². The van der Waals surface area contributed by atoms with Crippen LogP contribution in [0.4, 0.5) is 5.82 Å². The van der Waals surface area contributed by atoms with Gasteiger partial charge in [0.2, 0.25) is 0 Å². The van der Waals surface area contributed by atoms with Crippen molar-refractivity contribution in [2.45, 2.75) is 38.8 Å². The highest BCUT2D eigenvalue weighted by Gasteiger charge is 2.29. The van der Waals surface area contributed by atoms with Crippen molar-refractivity contribution in [3.8, 4) is 0 Å². The molecule has 1 saturated carbocycles. The van der Waals surface area contributed by atoms with E-state index in [-0.39, 0.29) is 5.91 Å². The fourth-order valence-electron chi connectivity index (χ4n) is 2.15. The molecule has 0 radical (unpaired) electrons. The van der Waals surface area contributed by atoms with Gasteiger partial charge in [-0.05, 0) is 45.9 Å². The molecule has 1 amide bonds. The van der Waals surface area contributed by atoms with Crippen LogP contribution in [0.25, 0.3) is 0 Å². The molecule has 2 rings (SSSR count). The summed E-state index contributed by atoms with van der Waals surface area (Å²) in [5.74, 6) is 0.293. The lowest BCUT2D eigenvalue weighted by Gasteiger charge is -2.24. The summed E-state index contributed by atoms with van der Waals surface area (Å²) in [5.41, 5.74) is 6.98. The number of nitrogens with two attached hydrogens (primary N) is 1. The van der Waals surface area contributed by atoms with Crippen LogP contribution in [0, 0.1) is 6.92 Å². The first-order valence-corrected chi connectivity index (χ1v) is 6.71. The number of nitrogen functional groups attached to an aromatic ring is 1. The third-order valence-electron chi connectivity index (χ3n) is 3.61. The van der Waals surface area contributed by atoms with Crippen LogP contribution in [0.5, 0.6) is 0 Å². The number of hydrogen-bond acceptors (Lipinski definition) is 4. The molecule has 0 bridgehead atoms. The second kappa shape index (κ2) is 5.57. The summed E-state index contributed by atoms with van der Waals surface area (Å²) in [6.07, 6.45) is 2.55. The molecule has 19 heavy (non-hydrogen) atoms. The standard InChI is InChI=1S/C14H22N4O/c1-9-6-11(7-13(15)17-9)14(19)16-8-10(2)18(3)12-4-5-12/h6-7,10,12H,4-5,8H2,1-3H3,(H2,15,17)(H,16,19). The van der Waals surface area contributed by atoms with Crippen molar-refractivity contribution >= 4 is 11.7 Å². The number of carbonyl (C=O) groups excluding carboxylic acids is 1. The van der Waals surface area contributed by atoms with E-state index < -0.39 is 0 Å². The molecule has 1 aromatic rings. The summed E-state index contributed by atoms with van der Waals surface area (Å²) in [7, 11) is 2.11. The molecule has 0 spiro atoms. The Hall–Kier alpha value is -1.62. The zero-order valence-corrected chi connectivity index (χ0v) is 11.8. The number of amides is 1. The summed E-state index contributed by atoms with van der Waals surface area (Å²) in [6, 6.07) is 4.40. The molecule has 5 nitrogen and oxygen atoms in total. The molecule has 104 valence electrons. The molecule has 0 saturated heterocycles.